The van der Waals surface area contributed by atoms with Crippen molar-refractivity contribution in [3.05, 3.63) is 29.3 Å². The van der Waals surface area contributed by atoms with Crippen LogP contribution in [0, 0.1) is 13.8 Å². The molecule has 4 heteroatoms. The molecule has 1 N–H and O–H groups in total. The molecule has 1 aliphatic heterocycles. The van der Waals surface area contributed by atoms with Gasteiger partial charge >= 0.3 is 0 Å². The maximum atomic E-state index is 11.5. The number of anilines is 1. The first-order valence-corrected chi connectivity index (χ1v) is 4.77. The quantitative estimate of drug-likeness (QED) is 0.696. The number of carbonyl (C=O) groups is 2. The predicted molar refractivity (Wildman–Crippen MR) is 56.2 cm³/mol. The molecule has 2 amide bonds. The number of nitrogens with one attached hydrogen (secondary N) is 1. The fourth-order valence-electron chi connectivity index (χ4n) is 1.60. The molecule has 0 aliphatic carbocycles. The van der Waals surface area contributed by atoms with Crippen molar-refractivity contribution >= 4 is 17.5 Å². The molecule has 1 aliphatic rings. The summed E-state index contributed by atoms with van der Waals surface area (Å²) in [6.07, 6.45) is -0.0621. The van der Waals surface area contributed by atoms with Crippen LogP contribution < -0.4 is 10.4 Å². The zero-order chi connectivity index (χ0) is 11.0. The minimum atomic E-state index is -0.249. The molecule has 0 atom stereocenters. The van der Waals surface area contributed by atoms with Gasteiger partial charge in [-0.1, -0.05) is 12.1 Å². The first kappa shape index (κ1) is 9.71. The lowest BCUT2D eigenvalue weighted by Gasteiger charge is -2.18. The molecule has 1 aromatic carbocycles. The van der Waals surface area contributed by atoms with Gasteiger partial charge in [-0.25, -0.2) is 5.01 Å². The number of amides is 2. The van der Waals surface area contributed by atoms with E-state index in [9.17, 15) is 9.59 Å². The smallest absolute Gasteiger partial charge is 0.255 e. The molecule has 1 fully saturated rings. The highest BCUT2D eigenvalue weighted by Crippen LogP contribution is 2.22. The number of rotatable bonds is 1. The second-order valence-corrected chi connectivity index (χ2v) is 3.73. The van der Waals surface area contributed by atoms with Gasteiger partial charge in [0.25, 0.3) is 5.91 Å². The van der Waals surface area contributed by atoms with Gasteiger partial charge in [0, 0.05) is 0 Å². The van der Waals surface area contributed by atoms with Crippen molar-refractivity contribution in [2.45, 2.75) is 20.3 Å². The van der Waals surface area contributed by atoms with Crippen LogP contribution in [-0.2, 0) is 9.59 Å². The first-order valence-electron chi connectivity index (χ1n) is 4.77. The summed E-state index contributed by atoms with van der Waals surface area (Å²) in [4.78, 5) is 22.6. The highest BCUT2D eigenvalue weighted by atomic mass is 16.2. The zero-order valence-corrected chi connectivity index (χ0v) is 8.70. The average molecular weight is 204 g/mol. The van der Waals surface area contributed by atoms with Gasteiger partial charge < -0.3 is 0 Å². The molecule has 1 saturated heterocycles. The molecule has 0 unspecified atom stereocenters. The second kappa shape index (κ2) is 3.38. The van der Waals surface area contributed by atoms with Crippen molar-refractivity contribution in [2.75, 3.05) is 5.01 Å². The van der Waals surface area contributed by atoms with Crippen molar-refractivity contribution in [1.29, 1.82) is 0 Å². The lowest BCUT2D eigenvalue weighted by Crippen LogP contribution is -2.36. The van der Waals surface area contributed by atoms with Crippen LogP contribution in [0.25, 0.3) is 0 Å². The maximum absolute atomic E-state index is 11.5. The van der Waals surface area contributed by atoms with Gasteiger partial charge in [0.1, 0.15) is 6.42 Å². The molecular formula is C11H12N2O2. The summed E-state index contributed by atoms with van der Waals surface area (Å²) >= 11 is 0. The van der Waals surface area contributed by atoms with Gasteiger partial charge in [-0.2, -0.15) is 0 Å². The van der Waals surface area contributed by atoms with Crippen LogP contribution >= 0.6 is 0 Å². The summed E-state index contributed by atoms with van der Waals surface area (Å²) in [5.41, 5.74) is 5.32. The molecule has 78 valence electrons. The number of hydrazine groups is 1. The van der Waals surface area contributed by atoms with Gasteiger partial charge in [0.2, 0.25) is 5.91 Å². The van der Waals surface area contributed by atoms with E-state index in [0.29, 0.717) is 0 Å². The molecule has 4 nitrogen and oxygen atoms in total. The summed E-state index contributed by atoms with van der Waals surface area (Å²) in [6, 6.07) is 5.79. The summed E-state index contributed by atoms with van der Waals surface area (Å²) in [6.45, 7) is 3.86. The number of carbonyl (C=O) groups excluding carboxylic acids is 2. The number of hydrogen-bond donors (Lipinski definition) is 1. The third-order valence-electron chi connectivity index (χ3n) is 2.40. The molecule has 1 heterocycles. The van der Waals surface area contributed by atoms with E-state index >= 15 is 0 Å². The van der Waals surface area contributed by atoms with Crippen molar-refractivity contribution < 1.29 is 9.59 Å². The standard InChI is InChI=1S/C11H12N2O2/c1-7-3-4-8(2)9(5-7)13-11(15)6-10(14)12-13/h3-5H,6H2,1-2H3,(H,12,14). The van der Waals surface area contributed by atoms with Crippen LogP contribution in [0.2, 0.25) is 0 Å². The molecular weight excluding hydrogens is 192 g/mol. The van der Waals surface area contributed by atoms with Gasteiger partial charge in [-0.05, 0) is 31.0 Å². The normalized spacial score (nSPS) is 15.7. The van der Waals surface area contributed by atoms with Crippen LogP contribution in [0.4, 0.5) is 5.69 Å². The molecule has 0 radical (unpaired) electrons. The largest absolute Gasteiger partial charge is 0.273 e. The van der Waals surface area contributed by atoms with Crippen molar-refractivity contribution in [3.63, 3.8) is 0 Å². The van der Waals surface area contributed by atoms with E-state index in [4.69, 9.17) is 0 Å². The molecule has 0 saturated carbocycles. The van der Waals surface area contributed by atoms with Crippen LogP contribution in [0.15, 0.2) is 18.2 Å². The average Bonchev–Trinajstić information content (AvgIpc) is 2.50. The Balaban J connectivity index is 2.41. The summed E-state index contributed by atoms with van der Waals surface area (Å²) in [5, 5.41) is 1.32. The molecule has 1 aromatic rings. The SMILES string of the molecule is Cc1ccc(C)c(N2NC(=O)CC2=O)c1. The Morgan fingerprint density at radius 2 is 2.00 bits per heavy atom. The van der Waals surface area contributed by atoms with Crippen LogP contribution in [-0.4, -0.2) is 11.8 Å². The highest BCUT2D eigenvalue weighted by molar-refractivity contribution is 6.12. The van der Waals surface area contributed by atoms with Gasteiger partial charge in [0.15, 0.2) is 0 Å². The van der Waals surface area contributed by atoms with E-state index in [1.165, 1.54) is 5.01 Å². The van der Waals surface area contributed by atoms with Crippen LogP contribution in [0.5, 0.6) is 0 Å². The predicted octanol–water partition coefficient (Wildman–Crippen LogP) is 1.07. The monoisotopic (exact) mass is 204 g/mol. The Morgan fingerprint density at radius 3 is 2.60 bits per heavy atom. The minimum Gasteiger partial charge on any atom is -0.273 e. The molecule has 0 spiro atoms. The Hall–Kier alpha value is -1.84. The van der Waals surface area contributed by atoms with E-state index in [1.54, 1.807) is 0 Å². The zero-order valence-electron chi connectivity index (χ0n) is 8.70. The third kappa shape index (κ3) is 1.70. The number of hydrogen-bond acceptors (Lipinski definition) is 2. The van der Waals surface area contributed by atoms with Gasteiger partial charge in [-0.3, -0.25) is 15.0 Å². The second-order valence-electron chi connectivity index (χ2n) is 3.73. The number of aryl methyl sites for hydroxylation is 2. The maximum Gasteiger partial charge on any atom is 0.255 e. The van der Waals surface area contributed by atoms with E-state index in [-0.39, 0.29) is 18.2 Å². The first-order chi connectivity index (χ1) is 7.08. The molecule has 2 rings (SSSR count). The minimum absolute atomic E-state index is 0.0621. The van der Waals surface area contributed by atoms with Crippen LogP contribution in [0.3, 0.4) is 0 Å². The lowest BCUT2D eigenvalue weighted by atomic mass is 10.1. The van der Waals surface area contributed by atoms with E-state index in [0.717, 1.165) is 16.8 Å². The fourth-order valence-corrected chi connectivity index (χ4v) is 1.60. The van der Waals surface area contributed by atoms with Crippen molar-refractivity contribution in [1.82, 2.24) is 5.43 Å². The summed E-state index contributed by atoms with van der Waals surface area (Å²) in [7, 11) is 0. The van der Waals surface area contributed by atoms with Crippen LogP contribution in [0.1, 0.15) is 17.5 Å². The van der Waals surface area contributed by atoms with Crippen molar-refractivity contribution in [2.24, 2.45) is 0 Å². The Kier molecular flexibility index (Phi) is 2.19. The van der Waals surface area contributed by atoms with Gasteiger partial charge in [-0.15, -0.1) is 0 Å². The number of nitrogens with zero attached hydrogens (tertiary/aromatic N) is 1. The van der Waals surface area contributed by atoms with E-state index in [1.807, 2.05) is 32.0 Å². The van der Waals surface area contributed by atoms with Crippen molar-refractivity contribution in [3.8, 4) is 0 Å². The molecule has 15 heavy (non-hydrogen) atoms. The summed E-state index contributed by atoms with van der Waals surface area (Å²) < 4.78 is 0. The Labute approximate surface area is 87.9 Å². The van der Waals surface area contributed by atoms with Gasteiger partial charge in [0.05, 0.1) is 5.69 Å². The van der Waals surface area contributed by atoms with E-state index in [2.05, 4.69) is 5.43 Å². The Morgan fingerprint density at radius 1 is 1.27 bits per heavy atom. The molecule has 0 bridgehead atoms. The topological polar surface area (TPSA) is 49.4 Å². The lowest BCUT2D eigenvalue weighted by molar-refractivity contribution is -0.122. The highest BCUT2D eigenvalue weighted by Gasteiger charge is 2.28. The molecule has 0 aromatic heterocycles. The summed E-state index contributed by atoms with van der Waals surface area (Å²) in [5.74, 6) is -0.449. The number of benzene rings is 1. The fraction of sp³-hybridized carbons (Fsp3) is 0.273. The third-order valence-corrected chi connectivity index (χ3v) is 2.40. The van der Waals surface area contributed by atoms with E-state index < -0.39 is 0 Å². The Bertz CT molecular complexity index is 440.